The Labute approximate surface area is 149 Å². The highest BCUT2D eigenvalue weighted by molar-refractivity contribution is 7.80. The van der Waals surface area contributed by atoms with Crippen LogP contribution in [0.4, 0.5) is 5.82 Å². The van der Waals surface area contributed by atoms with E-state index in [2.05, 4.69) is 22.7 Å². The Bertz CT molecular complexity index is 652. The molecule has 2 aromatic rings. The van der Waals surface area contributed by atoms with Gasteiger partial charge in [-0.3, -0.25) is 4.68 Å². The van der Waals surface area contributed by atoms with Gasteiger partial charge < -0.3 is 10.6 Å². The molecule has 0 saturated heterocycles. The van der Waals surface area contributed by atoms with Gasteiger partial charge in [0.05, 0.1) is 6.54 Å². The number of rotatable bonds is 5. The maximum atomic E-state index is 6.17. The fourth-order valence-electron chi connectivity index (χ4n) is 1.80. The molecule has 2 N–H and O–H groups in total. The van der Waals surface area contributed by atoms with Crippen LogP contribution < -0.4 is 10.6 Å². The van der Waals surface area contributed by atoms with Gasteiger partial charge in [-0.15, -0.1) is 0 Å². The molecule has 0 aliphatic carbocycles. The minimum atomic E-state index is 0.426. The molecule has 8 heteroatoms. The van der Waals surface area contributed by atoms with Crippen molar-refractivity contribution >= 4 is 58.0 Å². The Hall–Kier alpha value is -1.01. The minimum Gasteiger partial charge on any atom is -0.362 e. The zero-order chi connectivity index (χ0) is 16.1. The Morgan fingerprint density at radius 2 is 1.91 bits per heavy atom. The molecule has 0 amide bonds. The third-order valence-corrected chi connectivity index (χ3v) is 4.10. The predicted octanol–water partition coefficient (Wildman–Crippen LogP) is 4.59. The molecule has 1 heterocycles. The van der Waals surface area contributed by atoms with E-state index in [0.29, 0.717) is 32.5 Å². The molecule has 0 atom stereocenters. The number of anilines is 1. The molecule has 0 fully saturated rings. The number of hydrogen-bond donors (Lipinski definition) is 2. The summed E-state index contributed by atoms with van der Waals surface area (Å²) in [6, 6.07) is 5.38. The first-order valence-corrected chi connectivity index (χ1v) is 8.26. The van der Waals surface area contributed by atoms with Crippen molar-refractivity contribution in [2.24, 2.45) is 0 Å². The van der Waals surface area contributed by atoms with Crippen molar-refractivity contribution in [2.45, 2.75) is 19.9 Å². The highest BCUT2D eigenvalue weighted by Crippen LogP contribution is 2.26. The van der Waals surface area contributed by atoms with E-state index in [4.69, 9.17) is 47.0 Å². The summed E-state index contributed by atoms with van der Waals surface area (Å²) in [4.78, 5) is 0. The molecular formula is C14H15Cl3N4S. The average Bonchev–Trinajstić information content (AvgIpc) is 2.81. The van der Waals surface area contributed by atoms with E-state index in [-0.39, 0.29) is 0 Å². The van der Waals surface area contributed by atoms with E-state index >= 15 is 0 Å². The standard InChI is InChI=1S/C14H15Cl3N4S/c1-2-6-18-14(22)19-13-12(17)8-21(20-13)7-9-10(15)4-3-5-11(9)16/h3-5,8H,2,6-7H2,1H3,(H2,18,19,20,22). The number of thiocarbonyl (C=S) groups is 1. The van der Waals surface area contributed by atoms with Crippen LogP contribution in [0.25, 0.3) is 0 Å². The Morgan fingerprint density at radius 3 is 2.55 bits per heavy atom. The molecule has 1 aromatic carbocycles. The van der Waals surface area contributed by atoms with E-state index in [1.54, 1.807) is 29.1 Å². The van der Waals surface area contributed by atoms with Gasteiger partial charge in [0.25, 0.3) is 0 Å². The number of aromatic nitrogens is 2. The van der Waals surface area contributed by atoms with Crippen LogP contribution in [0.15, 0.2) is 24.4 Å². The number of halogens is 3. The van der Waals surface area contributed by atoms with E-state index in [1.165, 1.54) is 0 Å². The van der Waals surface area contributed by atoms with Crippen molar-refractivity contribution in [1.29, 1.82) is 0 Å². The Balaban J connectivity index is 2.11. The first-order valence-electron chi connectivity index (χ1n) is 6.72. The molecule has 0 bridgehead atoms. The zero-order valence-electron chi connectivity index (χ0n) is 11.9. The number of nitrogens with one attached hydrogen (secondary N) is 2. The normalized spacial score (nSPS) is 10.5. The van der Waals surface area contributed by atoms with Crippen molar-refractivity contribution in [3.05, 3.63) is 45.0 Å². The van der Waals surface area contributed by atoms with Crippen LogP contribution in [0.2, 0.25) is 15.1 Å². The lowest BCUT2D eigenvalue weighted by atomic mass is 10.2. The van der Waals surface area contributed by atoms with Gasteiger partial charge in [-0.05, 0) is 30.8 Å². The van der Waals surface area contributed by atoms with Crippen molar-refractivity contribution < 1.29 is 0 Å². The SMILES string of the molecule is CCCNC(=S)Nc1nn(Cc2c(Cl)cccc2Cl)cc1Cl. The maximum absolute atomic E-state index is 6.17. The molecule has 0 unspecified atom stereocenters. The number of benzene rings is 1. The van der Waals surface area contributed by atoms with Crippen LogP contribution >= 0.6 is 47.0 Å². The smallest absolute Gasteiger partial charge is 0.173 e. The summed E-state index contributed by atoms with van der Waals surface area (Å²) in [7, 11) is 0. The van der Waals surface area contributed by atoms with Crippen molar-refractivity contribution in [2.75, 3.05) is 11.9 Å². The highest BCUT2D eigenvalue weighted by atomic mass is 35.5. The lowest BCUT2D eigenvalue weighted by molar-refractivity contribution is 0.690. The molecular weight excluding hydrogens is 363 g/mol. The van der Waals surface area contributed by atoms with Crippen molar-refractivity contribution in [3.8, 4) is 0 Å². The van der Waals surface area contributed by atoms with Crippen molar-refractivity contribution in [1.82, 2.24) is 15.1 Å². The molecule has 0 aliphatic heterocycles. The van der Waals surface area contributed by atoms with E-state index < -0.39 is 0 Å². The summed E-state index contributed by atoms with van der Waals surface area (Å²) in [6.07, 6.45) is 2.68. The third-order valence-electron chi connectivity index (χ3n) is 2.87. The topological polar surface area (TPSA) is 41.9 Å². The summed E-state index contributed by atoms with van der Waals surface area (Å²) in [5.41, 5.74) is 0.795. The number of nitrogens with zero attached hydrogens (tertiary/aromatic N) is 2. The van der Waals surface area contributed by atoms with E-state index in [9.17, 15) is 0 Å². The quantitative estimate of drug-likeness (QED) is 0.748. The molecule has 0 spiro atoms. The summed E-state index contributed by atoms with van der Waals surface area (Å²) in [5, 5.41) is 12.5. The summed E-state index contributed by atoms with van der Waals surface area (Å²) in [5.74, 6) is 0.499. The monoisotopic (exact) mass is 376 g/mol. The first-order chi connectivity index (χ1) is 10.5. The lowest BCUT2D eigenvalue weighted by Crippen LogP contribution is -2.29. The third kappa shape index (κ3) is 4.49. The predicted molar refractivity (Wildman–Crippen MR) is 97.3 cm³/mol. The van der Waals surface area contributed by atoms with Crippen LogP contribution in [0.1, 0.15) is 18.9 Å². The van der Waals surface area contributed by atoms with Gasteiger partial charge in [-0.25, -0.2) is 0 Å². The largest absolute Gasteiger partial charge is 0.362 e. The first kappa shape index (κ1) is 17.3. The van der Waals surface area contributed by atoms with E-state index in [1.807, 2.05) is 0 Å². The lowest BCUT2D eigenvalue weighted by Gasteiger charge is -2.08. The molecule has 1 aromatic heterocycles. The number of hydrogen-bond acceptors (Lipinski definition) is 2. The van der Waals surface area contributed by atoms with Gasteiger partial charge in [-0.2, -0.15) is 5.10 Å². The zero-order valence-corrected chi connectivity index (χ0v) is 15.0. The average molecular weight is 378 g/mol. The van der Waals surface area contributed by atoms with Gasteiger partial charge in [0.15, 0.2) is 10.9 Å². The molecule has 0 aliphatic rings. The fraction of sp³-hybridized carbons (Fsp3) is 0.286. The minimum absolute atomic E-state index is 0.426. The van der Waals surface area contributed by atoms with Gasteiger partial charge in [-0.1, -0.05) is 47.8 Å². The Morgan fingerprint density at radius 1 is 1.23 bits per heavy atom. The van der Waals surface area contributed by atoms with E-state index in [0.717, 1.165) is 18.5 Å². The van der Waals surface area contributed by atoms with Crippen LogP contribution in [0, 0.1) is 0 Å². The summed E-state index contributed by atoms with van der Waals surface area (Å²) in [6.45, 7) is 3.28. The molecule has 2 rings (SSSR count). The summed E-state index contributed by atoms with van der Waals surface area (Å²) >= 11 is 23.7. The molecule has 22 heavy (non-hydrogen) atoms. The summed E-state index contributed by atoms with van der Waals surface area (Å²) < 4.78 is 1.67. The second-order valence-electron chi connectivity index (χ2n) is 4.60. The van der Waals surface area contributed by atoms with Crippen LogP contribution in [0.3, 0.4) is 0 Å². The molecule has 4 nitrogen and oxygen atoms in total. The highest BCUT2D eigenvalue weighted by Gasteiger charge is 2.11. The second-order valence-corrected chi connectivity index (χ2v) is 6.23. The molecule has 0 saturated carbocycles. The Kier molecular flexibility index (Phi) is 6.32. The van der Waals surface area contributed by atoms with Crippen molar-refractivity contribution in [3.63, 3.8) is 0 Å². The van der Waals surface area contributed by atoms with Gasteiger partial charge in [0.2, 0.25) is 0 Å². The molecule has 0 radical (unpaired) electrons. The molecule has 118 valence electrons. The van der Waals surface area contributed by atoms with Gasteiger partial charge >= 0.3 is 0 Å². The maximum Gasteiger partial charge on any atom is 0.173 e. The second kappa shape index (κ2) is 8.02. The van der Waals surface area contributed by atoms with Crippen LogP contribution in [-0.2, 0) is 6.54 Å². The van der Waals surface area contributed by atoms with Gasteiger partial charge in [0.1, 0.15) is 5.02 Å². The van der Waals surface area contributed by atoms with Crippen LogP contribution in [0.5, 0.6) is 0 Å². The fourth-order valence-corrected chi connectivity index (χ4v) is 2.71. The van der Waals surface area contributed by atoms with Crippen LogP contribution in [-0.4, -0.2) is 21.4 Å². The van der Waals surface area contributed by atoms with Gasteiger partial charge in [0, 0.05) is 28.4 Å².